The number of hydrogen-bond acceptors (Lipinski definition) is 5. The first-order chi connectivity index (χ1) is 12.3. The van der Waals surface area contributed by atoms with Gasteiger partial charge in [0.15, 0.2) is 0 Å². The highest BCUT2D eigenvalue weighted by Crippen LogP contribution is 2.22. The molecule has 0 bridgehead atoms. The number of rotatable bonds is 7. The number of carbonyl (C=O) groups is 1. The predicted octanol–water partition coefficient (Wildman–Crippen LogP) is 2.48. The van der Waals surface area contributed by atoms with Crippen molar-refractivity contribution in [1.29, 1.82) is 0 Å². The first kappa shape index (κ1) is 17.5. The van der Waals surface area contributed by atoms with Gasteiger partial charge in [0.2, 0.25) is 0 Å². The zero-order chi connectivity index (χ0) is 17.5. The molecule has 1 saturated heterocycles. The van der Waals surface area contributed by atoms with Crippen molar-refractivity contribution < 1.29 is 18.7 Å². The van der Waals surface area contributed by atoms with Crippen molar-refractivity contribution in [3.8, 4) is 5.75 Å². The van der Waals surface area contributed by atoms with Crippen LogP contribution in [-0.2, 0) is 4.74 Å². The van der Waals surface area contributed by atoms with Gasteiger partial charge in [-0.25, -0.2) is 0 Å². The van der Waals surface area contributed by atoms with Gasteiger partial charge in [0.05, 0.1) is 32.1 Å². The lowest BCUT2D eigenvalue weighted by atomic mass is 10.1. The lowest BCUT2D eigenvalue weighted by Gasteiger charge is -2.33. The maximum atomic E-state index is 12.4. The van der Waals surface area contributed by atoms with Crippen molar-refractivity contribution >= 4 is 5.91 Å². The van der Waals surface area contributed by atoms with Crippen LogP contribution in [-0.4, -0.2) is 50.3 Å². The Balaban J connectivity index is 1.62. The van der Waals surface area contributed by atoms with Crippen LogP contribution in [0.5, 0.6) is 5.75 Å². The maximum Gasteiger partial charge on any atom is 0.251 e. The van der Waals surface area contributed by atoms with Crippen molar-refractivity contribution in [2.24, 2.45) is 0 Å². The summed E-state index contributed by atoms with van der Waals surface area (Å²) in [6.45, 7) is 6.07. The topological polar surface area (TPSA) is 63.9 Å². The fraction of sp³-hybridized carbons (Fsp3) is 0.421. The predicted molar refractivity (Wildman–Crippen MR) is 93.8 cm³/mol. The van der Waals surface area contributed by atoms with Gasteiger partial charge in [-0.05, 0) is 43.3 Å². The minimum atomic E-state index is -0.104. The van der Waals surface area contributed by atoms with E-state index in [1.807, 2.05) is 31.2 Å². The van der Waals surface area contributed by atoms with Crippen LogP contribution in [0.3, 0.4) is 0 Å². The first-order valence-electron chi connectivity index (χ1n) is 8.64. The number of furan rings is 1. The van der Waals surface area contributed by atoms with Crippen molar-refractivity contribution in [1.82, 2.24) is 10.2 Å². The Morgan fingerprint density at radius 3 is 2.64 bits per heavy atom. The molecule has 25 heavy (non-hydrogen) atoms. The quantitative estimate of drug-likeness (QED) is 0.836. The number of amides is 1. The second-order valence-electron chi connectivity index (χ2n) is 5.85. The standard InChI is InChI=1S/C19H24N2O4/c1-2-24-16-7-5-15(6-8-16)19(22)20-14-17(18-4-3-11-25-18)21-9-12-23-13-10-21/h3-8,11,17H,2,9-10,12-14H2,1H3,(H,20,22)/t17-/m0/s1. The van der Waals surface area contributed by atoms with E-state index in [9.17, 15) is 4.79 Å². The molecule has 1 N–H and O–H groups in total. The van der Waals surface area contributed by atoms with Crippen LogP contribution in [0.1, 0.15) is 29.1 Å². The minimum absolute atomic E-state index is 0.00514. The molecule has 0 unspecified atom stereocenters. The summed E-state index contributed by atoms with van der Waals surface area (Å²) in [5, 5.41) is 3.01. The molecule has 2 heterocycles. The van der Waals surface area contributed by atoms with Gasteiger partial charge in [-0.1, -0.05) is 0 Å². The third kappa shape index (κ3) is 4.61. The summed E-state index contributed by atoms with van der Waals surface area (Å²) in [7, 11) is 0. The summed E-state index contributed by atoms with van der Waals surface area (Å²) in [5.74, 6) is 1.52. The van der Waals surface area contributed by atoms with Crippen molar-refractivity contribution in [3.63, 3.8) is 0 Å². The van der Waals surface area contributed by atoms with Crippen LogP contribution in [0.25, 0.3) is 0 Å². The Labute approximate surface area is 147 Å². The first-order valence-corrected chi connectivity index (χ1v) is 8.64. The van der Waals surface area contributed by atoms with E-state index in [1.54, 1.807) is 18.4 Å². The smallest absolute Gasteiger partial charge is 0.251 e. The number of ether oxygens (including phenoxy) is 2. The summed E-state index contributed by atoms with van der Waals surface area (Å²) < 4.78 is 16.4. The van der Waals surface area contributed by atoms with Gasteiger partial charge in [-0.2, -0.15) is 0 Å². The molecule has 1 atom stereocenters. The van der Waals surface area contributed by atoms with Crippen LogP contribution >= 0.6 is 0 Å². The van der Waals surface area contributed by atoms with Gasteiger partial charge in [0.1, 0.15) is 11.5 Å². The van der Waals surface area contributed by atoms with E-state index < -0.39 is 0 Å². The van der Waals surface area contributed by atoms with Crippen LogP contribution < -0.4 is 10.1 Å². The molecule has 2 aromatic rings. The Bertz CT molecular complexity index is 649. The second-order valence-corrected chi connectivity index (χ2v) is 5.85. The summed E-state index contributed by atoms with van der Waals surface area (Å²) in [5.41, 5.74) is 0.614. The zero-order valence-electron chi connectivity index (χ0n) is 14.4. The van der Waals surface area contributed by atoms with E-state index in [1.165, 1.54) is 0 Å². The zero-order valence-corrected chi connectivity index (χ0v) is 14.4. The summed E-state index contributed by atoms with van der Waals surface area (Å²) in [6.07, 6.45) is 1.66. The van der Waals surface area contributed by atoms with Crippen molar-refractivity contribution in [2.45, 2.75) is 13.0 Å². The Morgan fingerprint density at radius 2 is 2.00 bits per heavy atom. The van der Waals surface area contributed by atoms with E-state index in [0.717, 1.165) is 24.6 Å². The molecular formula is C19H24N2O4. The SMILES string of the molecule is CCOc1ccc(C(=O)NC[C@@H](c2ccco2)N2CCOCC2)cc1. The highest BCUT2D eigenvalue weighted by Gasteiger charge is 2.25. The molecule has 134 valence electrons. The number of hydrogen-bond donors (Lipinski definition) is 1. The average molecular weight is 344 g/mol. The largest absolute Gasteiger partial charge is 0.494 e. The molecule has 1 aromatic heterocycles. The molecule has 6 heteroatoms. The Hall–Kier alpha value is -2.31. The lowest BCUT2D eigenvalue weighted by molar-refractivity contribution is 0.0118. The summed E-state index contributed by atoms with van der Waals surface area (Å²) in [4.78, 5) is 14.7. The van der Waals surface area contributed by atoms with E-state index in [-0.39, 0.29) is 11.9 Å². The molecule has 3 rings (SSSR count). The second kappa shape index (κ2) is 8.69. The normalized spacial score (nSPS) is 16.4. The van der Waals surface area contributed by atoms with Gasteiger partial charge >= 0.3 is 0 Å². The van der Waals surface area contributed by atoms with Crippen LogP contribution in [0.4, 0.5) is 0 Å². The third-order valence-corrected chi connectivity index (χ3v) is 4.24. The number of nitrogens with zero attached hydrogens (tertiary/aromatic N) is 1. The van der Waals surface area contributed by atoms with E-state index in [4.69, 9.17) is 13.9 Å². The fourth-order valence-electron chi connectivity index (χ4n) is 2.94. The third-order valence-electron chi connectivity index (χ3n) is 4.24. The molecule has 1 amide bonds. The van der Waals surface area contributed by atoms with Crippen molar-refractivity contribution in [3.05, 3.63) is 54.0 Å². The minimum Gasteiger partial charge on any atom is -0.494 e. The number of carbonyl (C=O) groups excluding carboxylic acids is 1. The van der Waals surface area contributed by atoms with Gasteiger partial charge < -0.3 is 19.2 Å². The van der Waals surface area contributed by atoms with E-state index in [0.29, 0.717) is 31.9 Å². The van der Waals surface area contributed by atoms with Crippen LogP contribution in [0, 0.1) is 0 Å². The van der Waals surface area contributed by atoms with Gasteiger partial charge in [-0.15, -0.1) is 0 Å². The van der Waals surface area contributed by atoms with Crippen molar-refractivity contribution in [2.75, 3.05) is 39.5 Å². The molecule has 0 saturated carbocycles. The monoisotopic (exact) mass is 344 g/mol. The number of nitrogens with one attached hydrogen (secondary N) is 1. The number of morpholine rings is 1. The molecule has 1 aromatic carbocycles. The van der Waals surface area contributed by atoms with Gasteiger partial charge in [0, 0.05) is 25.2 Å². The molecule has 1 aliphatic rings. The summed E-state index contributed by atoms with van der Waals surface area (Å²) in [6, 6.07) is 11.0. The van der Waals surface area contributed by atoms with Gasteiger partial charge in [0.25, 0.3) is 5.91 Å². The number of benzene rings is 1. The highest BCUT2D eigenvalue weighted by atomic mass is 16.5. The molecule has 1 aliphatic heterocycles. The van der Waals surface area contributed by atoms with E-state index >= 15 is 0 Å². The van der Waals surface area contributed by atoms with Gasteiger partial charge in [-0.3, -0.25) is 9.69 Å². The van der Waals surface area contributed by atoms with E-state index in [2.05, 4.69) is 10.2 Å². The molecular weight excluding hydrogens is 320 g/mol. The molecule has 0 spiro atoms. The average Bonchev–Trinajstić information content (AvgIpc) is 3.18. The summed E-state index contributed by atoms with van der Waals surface area (Å²) >= 11 is 0. The lowest BCUT2D eigenvalue weighted by Crippen LogP contribution is -2.43. The van der Waals surface area contributed by atoms with Crippen LogP contribution in [0.15, 0.2) is 47.1 Å². The molecule has 6 nitrogen and oxygen atoms in total. The molecule has 1 fully saturated rings. The van der Waals surface area contributed by atoms with Crippen LogP contribution in [0.2, 0.25) is 0 Å². The Kier molecular flexibility index (Phi) is 6.09. The molecule has 0 aliphatic carbocycles. The fourth-order valence-corrected chi connectivity index (χ4v) is 2.94. The maximum absolute atomic E-state index is 12.4. The highest BCUT2D eigenvalue weighted by molar-refractivity contribution is 5.94. The molecule has 0 radical (unpaired) electrons. The Morgan fingerprint density at radius 1 is 1.24 bits per heavy atom.